The van der Waals surface area contributed by atoms with E-state index in [1.54, 1.807) is 7.11 Å². The largest absolute Gasteiger partial charge is 0.465 e. The highest BCUT2D eigenvalue weighted by Crippen LogP contribution is 2.22. The Bertz CT molecular complexity index is 613. The molecule has 0 fully saturated rings. The third-order valence-electron chi connectivity index (χ3n) is 3.79. The molecule has 122 valence electrons. The molecule has 0 radical (unpaired) electrons. The van der Waals surface area contributed by atoms with E-state index in [4.69, 9.17) is 9.84 Å². The number of amides is 1. The normalized spacial score (nSPS) is 11.9. The highest BCUT2D eigenvalue weighted by atomic mass is 16.5. The second kappa shape index (κ2) is 8.96. The summed E-state index contributed by atoms with van der Waals surface area (Å²) in [4.78, 5) is 10.4. The molecule has 0 aliphatic heterocycles. The molecule has 0 bridgehead atoms. The highest BCUT2D eigenvalue weighted by molar-refractivity contribution is 5.64. The van der Waals surface area contributed by atoms with E-state index in [9.17, 15) is 4.79 Å². The van der Waals surface area contributed by atoms with Crippen molar-refractivity contribution in [2.75, 3.05) is 13.7 Å². The Morgan fingerprint density at radius 3 is 2.57 bits per heavy atom. The maximum Gasteiger partial charge on any atom is 0.404 e. The zero-order valence-electron chi connectivity index (χ0n) is 13.4. The molecule has 1 unspecified atom stereocenters. The van der Waals surface area contributed by atoms with Crippen LogP contribution < -0.4 is 5.32 Å². The van der Waals surface area contributed by atoms with Gasteiger partial charge in [-0.25, -0.2) is 4.79 Å². The van der Waals surface area contributed by atoms with Crippen LogP contribution in [-0.4, -0.2) is 24.9 Å². The van der Waals surface area contributed by atoms with Crippen LogP contribution in [0.3, 0.4) is 0 Å². The summed E-state index contributed by atoms with van der Waals surface area (Å²) in [6.45, 7) is 0.476. The van der Waals surface area contributed by atoms with Crippen LogP contribution in [0.5, 0.6) is 0 Å². The predicted octanol–water partition coefficient (Wildman–Crippen LogP) is 3.82. The van der Waals surface area contributed by atoms with Crippen molar-refractivity contribution in [3.63, 3.8) is 0 Å². The van der Waals surface area contributed by atoms with E-state index >= 15 is 0 Å². The van der Waals surface area contributed by atoms with Crippen LogP contribution in [-0.2, 0) is 17.6 Å². The van der Waals surface area contributed by atoms with Crippen molar-refractivity contribution in [3.05, 3.63) is 71.3 Å². The van der Waals surface area contributed by atoms with E-state index in [1.807, 2.05) is 24.3 Å². The van der Waals surface area contributed by atoms with Crippen molar-refractivity contribution in [1.29, 1.82) is 0 Å². The molecule has 2 N–H and O–H groups in total. The number of nitrogens with one attached hydrogen (secondary N) is 1. The van der Waals surface area contributed by atoms with Gasteiger partial charge in [0.2, 0.25) is 0 Å². The van der Waals surface area contributed by atoms with Crippen molar-refractivity contribution < 1.29 is 14.6 Å². The Morgan fingerprint density at radius 2 is 1.87 bits per heavy atom. The number of hydrogen-bond donors (Lipinski definition) is 2. The molecule has 0 spiro atoms. The first-order valence-electron chi connectivity index (χ1n) is 7.81. The van der Waals surface area contributed by atoms with E-state index < -0.39 is 6.09 Å². The van der Waals surface area contributed by atoms with Crippen LogP contribution >= 0.6 is 0 Å². The molecule has 2 rings (SSSR count). The molecule has 0 saturated heterocycles. The molecule has 23 heavy (non-hydrogen) atoms. The fourth-order valence-electron chi connectivity index (χ4n) is 2.62. The first kappa shape index (κ1) is 17.0. The van der Waals surface area contributed by atoms with Crippen LogP contribution in [0.4, 0.5) is 4.79 Å². The molecule has 2 aromatic carbocycles. The van der Waals surface area contributed by atoms with Crippen LogP contribution in [0.25, 0.3) is 0 Å². The van der Waals surface area contributed by atoms with Gasteiger partial charge < -0.3 is 15.2 Å². The summed E-state index contributed by atoms with van der Waals surface area (Å²) >= 11 is 0. The Kier molecular flexibility index (Phi) is 6.63. The average molecular weight is 313 g/mol. The fourth-order valence-corrected chi connectivity index (χ4v) is 2.62. The van der Waals surface area contributed by atoms with Gasteiger partial charge in [-0.15, -0.1) is 0 Å². The van der Waals surface area contributed by atoms with Gasteiger partial charge in [-0.2, -0.15) is 0 Å². The molecular weight excluding hydrogens is 290 g/mol. The minimum atomic E-state index is -0.968. The van der Waals surface area contributed by atoms with Gasteiger partial charge in [0.15, 0.2) is 0 Å². The Hall–Kier alpha value is -2.33. The number of aryl methyl sites for hydroxylation is 1. The van der Waals surface area contributed by atoms with E-state index in [0.29, 0.717) is 6.54 Å². The minimum absolute atomic E-state index is 0.0418. The lowest BCUT2D eigenvalue weighted by Crippen LogP contribution is -2.22. The molecular formula is C19H23NO3. The molecule has 1 atom stereocenters. The van der Waals surface area contributed by atoms with Crippen LogP contribution in [0.1, 0.15) is 29.2 Å². The Balaban J connectivity index is 1.94. The summed E-state index contributed by atoms with van der Waals surface area (Å²) < 4.78 is 5.63. The SMILES string of the molecule is COC(Cc1cccc(CCCNC(=O)O)c1)c1ccccc1. The second-order valence-electron chi connectivity index (χ2n) is 5.49. The predicted molar refractivity (Wildman–Crippen MR) is 90.7 cm³/mol. The molecule has 2 aromatic rings. The standard InChI is InChI=1S/C19H23NO3/c1-23-18(17-10-3-2-4-11-17)14-16-8-5-7-15(13-16)9-6-12-20-19(21)22/h2-5,7-8,10-11,13,18,20H,6,9,12,14H2,1H3,(H,21,22). The monoisotopic (exact) mass is 313 g/mol. The first-order valence-corrected chi connectivity index (χ1v) is 7.81. The van der Waals surface area contributed by atoms with Gasteiger partial charge in [-0.1, -0.05) is 54.6 Å². The summed E-state index contributed by atoms with van der Waals surface area (Å²) in [5.74, 6) is 0. The maximum absolute atomic E-state index is 10.4. The molecule has 4 nitrogen and oxygen atoms in total. The Labute approximate surface area is 137 Å². The number of hydrogen-bond acceptors (Lipinski definition) is 2. The zero-order valence-corrected chi connectivity index (χ0v) is 13.4. The summed E-state index contributed by atoms with van der Waals surface area (Å²) in [6, 6.07) is 18.6. The number of ether oxygens (including phenoxy) is 1. The fraction of sp³-hybridized carbons (Fsp3) is 0.316. The minimum Gasteiger partial charge on any atom is -0.465 e. The quantitative estimate of drug-likeness (QED) is 0.728. The lowest BCUT2D eigenvalue weighted by atomic mass is 9.98. The zero-order chi connectivity index (χ0) is 16.5. The molecule has 0 aromatic heterocycles. The van der Waals surface area contributed by atoms with Crippen LogP contribution in [0.2, 0.25) is 0 Å². The first-order chi connectivity index (χ1) is 11.2. The van der Waals surface area contributed by atoms with Gasteiger partial charge in [0.1, 0.15) is 0 Å². The van der Waals surface area contributed by atoms with Gasteiger partial charge in [-0.05, 0) is 29.5 Å². The maximum atomic E-state index is 10.4. The number of carbonyl (C=O) groups is 1. The highest BCUT2D eigenvalue weighted by Gasteiger charge is 2.11. The molecule has 1 amide bonds. The van der Waals surface area contributed by atoms with Gasteiger partial charge in [0.25, 0.3) is 0 Å². The second-order valence-corrected chi connectivity index (χ2v) is 5.49. The molecule has 0 aliphatic rings. The van der Waals surface area contributed by atoms with Crippen molar-refractivity contribution >= 4 is 6.09 Å². The molecule has 0 heterocycles. The summed E-state index contributed by atoms with van der Waals surface area (Å²) in [5.41, 5.74) is 3.62. The average Bonchev–Trinajstić information content (AvgIpc) is 2.57. The third-order valence-corrected chi connectivity index (χ3v) is 3.79. The lowest BCUT2D eigenvalue weighted by molar-refractivity contribution is 0.104. The topological polar surface area (TPSA) is 58.6 Å². The number of carboxylic acid groups (broad SMARTS) is 1. The van der Waals surface area contributed by atoms with Crippen LogP contribution in [0, 0.1) is 0 Å². The molecule has 0 aliphatic carbocycles. The lowest BCUT2D eigenvalue weighted by Gasteiger charge is -2.16. The van der Waals surface area contributed by atoms with Gasteiger partial charge >= 0.3 is 6.09 Å². The van der Waals surface area contributed by atoms with E-state index in [0.717, 1.165) is 19.3 Å². The van der Waals surface area contributed by atoms with Crippen molar-refractivity contribution in [2.45, 2.75) is 25.4 Å². The van der Waals surface area contributed by atoms with Crippen LogP contribution in [0.15, 0.2) is 54.6 Å². The smallest absolute Gasteiger partial charge is 0.404 e. The molecule has 4 heteroatoms. The van der Waals surface area contributed by atoms with Gasteiger partial charge in [0.05, 0.1) is 6.10 Å². The molecule has 0 saturated carbocycles. The third kappa shape index (κ3) is 5.75. The number of methoxy groups -OCH3 is 1. The summed E-state index contributed by atoms with van der Waals surface area (Å²) in [5, 5.41) is 11.0. The Morgan fingerprint density at radius 1 is 1.13 bits per heavy atom. The van der Waals surface area contributed by atoms with E-state index in [2.05, 4.69) is 35.6 Å². The number of rotatable bonds is 8. The summed E-state index contributed by atoms with van der Waals surface area (Å²) in [6.07, 6.45) is 1.55. The van der Waals surface area contributed by atoms with E-state index in [-0.39, 0.29) is 6.10 Å². The van der Waals surface area contributed by atoms with Crippen molar-refractivity contribution in [1.82, 2.24) is 5.32 Å². The summed E-state index contributed by atoms with van der Waals surface area (Å²) in [7, 11) is 1.74. The van der Waals surface area contributed by atoms with Crippen molar-refractivity contribution in [2.24, 2.45) is 0 Å². The van der Waals surface area contributed by atoms with Gasteiger partial charge in [-0.3, -0.25) is 0 Å². The van der Waals surface area contributed by atoms with Gasteiger partial charge in [0, 0.05) is 20.1 Å². The number of benzene rings is 2. The van der Waals surface area contributed by atoms with E-state index in [1.165, 1.54) is 16.7 Å². The van der Waals surface area contributed by atoms with Crippen molar-refractivity contribution in [3.8, 4) is 0 Å².